The van der Waals surface area contributed by atoms with Crippen LogP contribution in [0, 0.1) is 0 Å². The van der Waals surface area contributed by atoms with Crippen LogP contribution < -0.4 is 14.2 Å². The summed E-state index contributed by atoms with van der Waals surface area (Å²) in [6.07, 6.45) is 2.71. The molecule has 0 bridgehead atoms. The molecule has 0 amide bonds. The first-order valence-electron chi connectivity index (χ1n) is 6.01. The highest BCUT2D eigenvalue weighted by Crippen LogP contribution is 2.35. The van der Waals surface area contributed by atoms with Crippen molar-refractivity contribution < 1.29 is 14.2 Å². The summed E-state index contributed by atoms with van der Waals surface area (Å²) in [5.74, 6) is 2.33. The van der Waals surface area contributed by atoms with E-state index in [2.05, 4.69) is 0 Å². The van der Waals surface area contributed by atoms with Gasteiger partial charge in [-0.1, -0.05) is 0 Å². The zero-order chi connectivity index (χ0) is 12.5. The first kappa shape index (κ1) is 12.1. The van der Waals surface area contributed by atoms with Gasteiger partial charge in [-0.15, -0.1) is 0 Å². The Bertz CT molecular complexity index is 389. The molecule has 0 N–H and O–H groups in total. The fourth-order valence-corrected chi connectivity index (χ4v) is 1.51. The third-order valence-corrected chi connectivity index (χ3v) is 2.38. The third-order valence-electron chi connectivity index (χ3n) is 2.38. The van der Waals surface area contributed by atoms with Crippen LogP contribution >= 0.6 is 0 Å². The van der Waals surface area contributed by atoms with Crippen molar-refractivity contribution in [2.45, 2.75) is 45.3 Å². The number of hydrogen-bond acceptors (Lipinski definition) is 3. The third kappa shape index (κ3) is 3.55. The molecule has 0 unspecified atom stereocenters. The SMILES string of the molecule is COc1cc(OC2CC2)ccc1OC(C)(C)C. The Morgan fingerprint density at radius 1 is 1.12 bits per heavy atom. The Hall–Kier alpha value is -1.38. The van der Waals surface area contributed by atoms with Gasteiger partial charge in [-0.2, -0.15) is 0 Å². The van der Waals surface area contributed by atoms with Crippen molar-refractivity contribution >= 4 is 0 Å². The van der Waals surface area contributed by atoms with Gasteiger partial charge in [0.05, 0.1) is 13.2 Å². The molecule has 0 heterocycles. The molecule has 1 saturated carbocycles. The van der Waals surface area contributed by atoms with Gasteiger partial charge >= 0.3 is 0 Å². The largest absolute Gasteiger partial charge is 0.493 e. The molecule has 0 spiro atoms. The predicted octanol–water partition coefficient (Wildman–Crippen LogP) is 3.41. The quantitative estimate of drug-likeness (QED) is 0.801. The lowest BCUT2D eigenvalue weighted by Gasteiger charge is -2.23. The lowest BCUT2D eigenvalue weighted by Crippen LogP contribution is -2.23. The Kier molecular flexibility index (Phi) is 3.18. The van der Waals surface area contributed by atoms with Gasteiger partial charge in [0.15, 0.2) is 11.5 Å². The van der Waals surface area contributed by atoms with E-state index < -0.39 is 0 Å². The summed E-state index contributed by atoms with van der Waals surface area (Å²) in [7, 11) is 1.64. The van der Waals surface area contributed by atoms with Crippen molar-refractivity contribution in [3.8, 4) is 17.2 Å². The second-order valence-corrected chi connectivity index (χ2v) is 5.34. The zero-order valence-electron chi connectivity index (χ0n) is 10.9. The summed E-state index contributed by atoms with van der Waals surface area (Å²) in [4.78, 5) is 0. The molecule has 0 aromatic heterocycles. The highest BCUT2D eigenvalue weighted by Gasteiger charge is 2.24. The molecule has 0 radical (unpaired) electrons. The molecule has 1 aromatic carbocycles. The van der Waals surface area contributed by atoms with Crippen LogP contribution in [0.3, 0.4) is 0 Å². The average Bonchev–Trinajstić information content (AvgIpc) is 3.02. The highest BCUT2D eigenvalue weighted by atomic mass is 16.5. The molecule has 2 rings (SSSR count). The van der Waals surface area contributed by atoms with E-state index in [0.717, 1.165) is 30.1 Å². The minimum atomic E-state index is -0.230. The van der Waals surface area contributed by atoms with Crippen molar-refractivity contribution in [1.82, 2.24) is 0 Å². The Morgan fingerprint density at radius 3 is 2.35 bits per heavy atom. The van der Waals surface area contributed by atoms with E-state index in [1.165, 1.54) is 0 Å². The van der Waals surface area contributed by atoms with Gasteiger partial charge in [-0.3, -0.25) is 0 Å². The molecule has 1 fully saturated rings. The Balaban J connectivity index is 2.15. The summed E-state index contributed by atoms with van der Waals surface area (Å²) in [6, 6.07) is 5.73. The molecule has 0 atom stereocenters. The van der Waals surface area contributed by atoms with Gasteiger partial charge in [0, 0.05) is 6.07 Å². The maximum Gasteiger partial charge on any atom is 0.164 e. The normalized spacial score (nSPS) is 15.5. The molecule has 3 nitrogen and oxygen atoms in total. The van der Waals surface area contributed by atoms with E-state index in [1.807, 2.05) is 39.0 Å². The van der Waals surface area contributed by atoms with Gasteiger partial charge in [0.2, 0.25) is 0 Å². The van der Waals surface area contributed by atoms with Crippen molar-refractivity contribution in [2.75, 3.05) is 7.11 Å². The van der Waals surface area contributed by atoms with Crippen molar-refractivity contribution in [1.29, 1.82) is 0 Å². The van der Waals surface area contributed by atoms with Crippen LogP contribution in [0.15, 0.2) is 18.2 Å². The lowest BCUT2D eigenvalue weighted by molar-refractivity contribution is 0.125. The maximum atomic E-state index is 5.82. The van der Waals surface area contributed by atoms with Gasteiger partial charge in [0.25, 0.3) is 0 Å². The predicted molar refractivity (Wildman–Crippen MR) is 67.0 cm³/mol. The van der Waals surface area contributed by atoms with Crippen LogP contribution in [-0.4, -0.2) is 18.8 Å². The van der Waals surface area contributed by atoms with E-state index in [0.29, 0.717) is 6.10 Å². The topological polar surface area (TPSA) is 27.7 Å². The second-order valence-electron chi connectivity index (χ2n) is 5.34. The van der Waals surface area contributed by atoms with Crippen LogP contribution in [0.2, 0.25) is 0 Å². The van der Waals surface area contributed by atoms with Gasteiger partial charge in [0.1, 0.15) is 11.4 Å². The number of methoxy groups -OCH3 is 1. The molecule has 3 heteroatoms. The fraction of sp³-hybridized carbons (Fsp3) is 0.571. The highest BCUT2D eigenvalue weighted by molar-refractivity contribution is 5.46. The van der Waals surface area contributed by atoms with Crippen LogP contribution in [0.4, 0.5) is 0 Å². The van der Waals surface area contributed by atoms with E-state index in [9.17, 15) is 0 Å². The lowest BCUT2D eigenvalue weighted by atomic mass is 10.2. The molecular formula is C14H20O3. The molecule has 1 aliphatic rings. The van der Waals surface area contributed by atoms with Crippen LogP contribution in [0.25, 0.3) is 0 Å². The zero-order valence-corrected chi connectivity index (χ0v) is 10.9. The number of benzene rings is 1. The summed E-state index contributed by atoms with van der Waals surface area (Å²) in [6.45, 7) is 6.04. The van der Waals surface area contributed by atoms with Gasteiger partial charge in [-0.25, -0.2) is 0 Å². The van der Waals surface area contributed by atoms with Crippen molar-refractivity contribution in [2.24, 2.45) is 0 Å². The summed E-state index contributed by atoms with van der Waals surface area (Å²) >= 11 is 0. The number of hydrogen-bond donors (Lipinski definition) is 0. The Morgan fingerprint density at radius 2 is 1.82 bits per heavy atom. The molecule has 1 aliphatic carbocycles. The molecule has 17 heavy (non-hydrogen) atoms. The van der Waals surface area contributed by atoms with E-state index in [-0.39, 0.29) is 5.60 Å². The van der Waals surface area contributed by atoms with Crippen LogP contribution in [-0.2, 0) is 0 Å². The van der Waals surface area contributed by atoms with Gasteiger partial charge in [-0.05, 0) is 45.7 Å². The minimum absolute atomic E-state index is 0.230. The number of ether oxygens (including phenoxy) is 3. The summed E-state index contributed by atoms with van der Waals surface area (Å²) in [5, 5.41) is 0. The molecule has 94 valence electrons. The maximum absolute atomic E-state index is 5.82. The van der Waals surface area contributed by atoms with Crippen LogP contribution in [0.1, 0.15) is 33.6 Å². The summed E-state index contributed by atoms with van der Waals surface area (Å²) in [5.41, 5.74) is -0.230. The first-order chi connectivity index (χ1) is 7.98. The summed E-state index contributed by atoms with van der Waals surface area (Å²) < 4.78 is 16.9. The smallest absolute Gasteiger partial charge is 0.164 e. The molecule has 0 aliphatic heterocycles. The minimum Gasteiger partial charge on any atom is -0.493 e. The van der Waals surface area contributed by atoms with Crippen molar-refractivity contribution in [3.05, 3.63) is 18.2 Å². The second kappa shape index (κ2) is 4.47. The fourth-order valence-electron chi connectivity index (χ4n) is 1.51. The van der Waals surface area contributed by atoms with E-state index in [1.54, 1.807) is 7.11 Å². The number of rotatable bonds is 4. The standard InChI is InChI=1S/C14H20O3/c1-14(2,3)17-12-8-7-11(9-13(12)15-4)16-10-5-6-10/h7-10H,5-6H2,1-4H3. The molecule has 0 saturated heterocycles. The van der Waals surface area contributed by atoms with E-state index >= 15 is 0 Å². The average molecular weight is 236 g/mol. The molecule has 1 aromatic rings. The Labute approximate surface area is 103 Å². The van der Waals surface area contributed by atoms with Gasteiger partial charge < -0.3 is 14.2 Å². The van der Waals surface area contributed by atoms with E-state index in [4.69, 9.17) is 14.2 Å². The van der Waals surface area contributed by atoms with Crippen molar-refractivity contribution in [3.63, 3.8) is 0 Å². The van der Waals surface area contributed by atoms with Crippen LogP contribution in [0.5, 0.6) is 17.2 Å². The first-order valence-corrected chi connectivity index (χ1v) is 6.01. The molecular weight excluding hydrogens is 216 g/mol. The monoisotopic (exact) mass is 236 g/mol.